The Balaban J connectivity index is 2.92. The molecule has 2 nitrogen and oxygen atoms in total. The first-order valence-electron chi connectivity index (χ1n) is 9.16. The molecule has 0 aromatic rings. The van der Waals surface area contributed by atoms with E-state index in [2.05, 4.69) is 12.2 Å². The fraction of sp³-hybridized carbons (Fsp3) is 1.00. The molecule has 0 saturated carbocycles. The van der Waals surface area contributed by atoms with Crippen molar-refractivity contribution in [3.63, 3.8) is 0 Å². The number of aliphatic hydroxyl groups is 1. The Morgan fingerprint density at radius 3 is 1.50 bits per heavy atom. The summed E-state index contributed by atoms with van der Waals surface area (Å²) in [6, 6.07) is 0. The molecule has 122 valence electrons. The summed E-state index contributed by atoms with van der Waals surface area (Å²) in [5.41, 5.74) is 0. The number of rotatable bonds is 16. The largest absolute Gasteiger partial charge is 0.392 e. The summed E-state index contributed by atoms with van der Waals surface area (Å²) in [5.74, 6) is 0. The van der Waals surface area contributed by atoms with Gasteiger partial charge in [-0.2, -0.15) is 0 Å². The molecule has 0 aliphatic heterocycles. The quantitative estimate of drug-likeness (QED) is 0.389. The van der Waals surface area contributed by atoms with Crippen LogP contribution in [0.3, 0.4) is 0 Å². The lowest BCUT2D eigenvalue weighted by molar-refractivity contribution is 0.191. The maximum absolute atomic E-state index is 9.09. The molecule has 0 radical (unpaired) electrons. The number of unbranched alkanes of at least 4 members (excludes halogenated alkanes) is 12. The summed E-state index contributed by atoms with van der Waals surface area (Å²) in [7, 11) is 0. The molecule has 0 bridgehead atoms. The van der Waals surface area contributed by atoms with Crippen molar-refractivity contribution in [1.82, 2.24) is 5.32 Å². The van der Waals surface area contributed by atoms with Crippen molar-refractivity contribution in [1.29, 1.82) is 0 Å². The average molecular weight is 286 g/mol. The van der Waals surface area contributed by atoms with Crippen LogP contribution in [-0.4, -0.2) is 24.3 Å². The zero-order chi connectivity index (χ0) is 14.9. The third-order valence-electron chi connectivity index (χ3n) is 3.90. The highest BCUT2D eigenvalue weighted by Crippen LogP contribution is 2.12. The Labute approximate surface area is 127 Å². The van der Waals surface area contributed by atoms with Gasteiger partial charge in [0, 0.05) is 6.54 Å². The van der Waals surface area contributed by atoms with Gasteiger partial charge in [-0.3, -0.25) is 0 Å². The molecule has 1 atom stereocenters. The second kappa shape index (κ2) is 17.0. The minimum atomic E-state index is -0.211. The van der Waals surface area contributed by atoms with Crippen molar-refractivity contribution in [3.05, 3.63) is 0 Å². The Morgan fingerprint density at radius 2 is 1.10 bits per heavy atom. The van der Waals surface area contributed by atoms with Crippen molar-refractivity contribution in [3.8, 4) is 0 Å². The molecule has 0 fully saturated rings. The van der Waals surface area contributed by atoms with Crippen molar-refractivity contribution in [2.24, 2.45) is 0 Å². The van der Waals surface area contributed by atoms with Gasteiger partial charge in [-0.15, -0.1) is 0 Å². The third kappa shape index (κ3) is 17.9. The molecule has 2 N–H and O–H groups in total. The van der Waals surface area contributed by atoms with Gasteiger partial charge in [0.05, 0.1) is 6.10 Å². The molecule has 20 heavy (non-hydrogen) atoms. The van der Waals surface area contributed by atoms with E-state index in [1.165, 1.54) is 83.5 Å². The van der Waals surface area contributed by atoms with E-state index in [1.54, 1.807) is 0 Å². The number of hydrogen-bond acceptors (Lipinski definition) is 2. The number of hydrogen-bond donors (Lipinski definition) is 2. The van der Waals surface area contributed by atoms with Crippen LogP contribution in [0.25, 0.3) is 0 Å². The summed E-state index contributed by atoms with van der Waals surface area (Å²) in [4.78, 5) is 0. The minimum absolute atomic E-state index is 0.211. The van der Waals surface area contributed by atoms with Crippen LogP contribution in [0, 0.1) is 0 Å². The fourth-order valence-electron chi connectivity index (χ4n) is 2.58. The zero-order valence-corrected chi connectivity index (χ0v) is 14.1. The van der Waals surface area contributed by atoms with Gasteiger partial charge >= 0.3 is 0 Å². The predicted octanol–water partition coefficient (Wildman–Crippen LogP) is 5.05. The molecule has 0 spiro atoms. The first kappa shape index (κ1) is 19.9. The Bertz CT molecular complexity index is 171. The monoisotopic (exact) mass is 285 g/mol. The predicted molar refractivity (Wildman–Crippen MR) is 90.2 cm³/mol. The Morgan fingerprint density at radius 1 is 0.700 bits per heavy atom. The molecule has 1 unspecified atom stereocenters. The van der Waals surface area contributed by atoms with Crippen LogP contribution in [0.2, 0.25) is 0 Å². The van der Waals surface area contributed by atoms with Crippen LogP contribution in [0.15, 0.2) is 0 Å². The fourth-order valence-corrected chi connectivity index (χ4v) is 2.58. The molecule has 0 amide bonds. The van der Waals surface area contributed by atoms with Gasteiger partial charge in [0.25, 0.3) is 0 Å². The standard InChI is InChI=1S/C18H39NO/c1-3-4-5-6-7-8-9-10-11-12-13-14-15-16-19-17-18(2)20/h18-20H,3-17H2,1-2H3. The Kier molecular flexibility index (Phi) is 16.9. The van der Waals surface area contributed by atoms with Gasteiger partial charge < -0.3 is 10.4 Å². The average Bonchev–Trinajstić information content (AvgIpc) is 2.43. The highest BCUT2D eigenvalue weighted by molar-refractivity contribution is 4.54. The van der Waals surface area contributed by atoms with E-state index in [4.69, 9.17) is 5.11 Å². The summed E-state index contributed by atoms with van der Waals surface area (Å²) in [5, 5.41) is 12.4. The normalized spacial score (nSPS) is 12.8. The van der Waals surface area contributed by atoms with Crippen LogP contribution < -0.4 is 5.32 Å². The van der Waals surface area contributed by atoms with E-state index in [0.29, 0.717) is 0 Å². The van der Waals surface area contributed by atoms with Crippen LogP contribution in [0.4, 0.5) is 0 Å². The van der Waals surface area contributed by atoms with Crippen molar-refractivity contribution >= 4 is 0 Å². The number of aliphatic hydroxyl groups excluding tert-OH is 1. The molecule has 0 aromatic heterocycles. The van der Waals surface area contributed by atoms with Gasteiger partial charge in [-0.1, -0.05) is 84.0 Å². The lowest BCUT2D eigenvalue weighted by Crippen LogP contribution is -2.25. The first-order chi connectivity index (χ1) is 9.77. The summed E-state index contributed by atoms with van der Waals surface area (Å²) in [6.07, 6.45) is 18.1. The van der Waals surface area contributed by atoms with E-state index in [9.17, 15) is 0 Å². The minimum Gasteiger partial charge on any atom is -0.392 e. The molecule has 0 aromatic carbocycles. The maximum Gasteiger partial charge on any atom is 0.0636 e. The topological polar surface area (TPSA) is 32.3 Å². The molecule has 0 rings (SSSR count). The van der Waals surface area contributed by atoms with Gasteiger partial charge in [-0.25, -0.2) is 0 Å². The lowest BCUT2D eigenvalue weighted by Gasteiger charge is -2.06. The lowest BCUT2D eigenvalue weighted by atomic mass is 10.0. The van der Waals surface area contributed by atoms with Gasteiger partial charge in [0.1, 0.15) is 0 Å². The molecule has 0 heterocycles. The molecule has 2 heteroatoms. The molecular formula is C18H39NO. The van der Waals surface area contributed by atoms with Crippen LogP contribution >= 0.6 is 0 Å². The second-order valence-corrected chi connectivity index (χ2v) is 6.30. The van der Waals surface area contributed by atoms with Crippen molar-refractivity contribution < 1.29 is 5.11 Å². The van der Waals surface area contributed by atoms with E-state index in [0.717, 1.165) is 13.1 Å². The highest BCUT2D eigenvalue weighted by Gasteiger charge is 1.95. The zero-order valence-electron chi connectivity index (χ0n) is 14.1. The van der Waals surface area contributed by atoms with Gasteiger partial charge in [0.15, 0.2) is 0 Å². The summed E-state index contributed by atoms with van der Waals surface area (Å²) in [6.45, 7) is 5.90. The van der Waals surface area contributed by atoms with Gasteiger partial charge in [-0.05, 0) is 19.9 Å². The molecular weight excluding hydrogens is 246 g/mol. The van der Waals surface area contributed by atoms with Crippen LogP contribution in [0.1, 0.15) is 97.3 Å². The third-order valence-corrected chi connectivity index (χ3v) is 3.90. The SMILES string of the molecule is CCCCCCCCCCCCCCCNCC(C)O. The molecule has 0 aliphatic carbocycles. The van der Waals surface area contributed by atoms with Crippen molar-refractivity contribution in [2.45, 2.75) is 103 Å². The van der Waals surface area contributed by atoms with Gasteiger partial charge in [0.2, 0.25) is 0 Å². The van der Waals surface area contributed by atoms with Crippen LogP contribution in [-0.2, 0) is 0 Å². The molecule has 0 saturated heterocycles. The van der Waals surface area contributed by atoms with E-state index >= 15 is 0 Å². The van der Waals surface area contributed by atoms with E-state index < -0.39 is 0 Å². The van der Waals surface area contributed by atoms with Crippen LogP contribution in [0.5, 0.6) is 0 Å². The van der Waals surface area contributed by atoms with E-state index in [1.807, 2.05) is 6.92 Å². The van der Waals surface area contributed by atoms with E-state index in [-0.39, 0.29) is 6.10 Å². The highest BCUT2D eigenvalue weighted by atomic mass is 16.3. The Hall–Kier alpha value is -0.0800. The first-order valence-corrected chi connectivity index (χ1v) is 9.16. The smallest absolute Gasteiger partial charge is 0.0636 e. The maximum atomic E-state index is 9.09. The summed E-state index contributed by atoms with van der Waals surface area (Å²) >= 11 is 0. The summed E-state index contributed by atoms with van der Waals surface area (Å²) < 4.78 is 0. The van der Waals surface area contributed by atoms with Crippen molar-refractivity contribution in [2.75, 3.05) is 13.1 Å². The second-order valence-electron chi connectivity index (χ2n) is 6.30. The molecule has 0 aliphatic rings. The number of nitrogens with one attached hydrogen (secondary N) is 1.